The van der Waals surface area contributed by atoms with Gasteiger partial charge in [0.1, 0.15) is 30.5 Å². The summed E-state index contributed by atoms with van der Waals surface area (Å²) in [4.78, 5) is 25.8. The zero-order valence-corrected chi connectivity index (χ0v) is 28.3. The van der Waals surface area contributed by atoms with E-state index in [-0.39, 0.29) is 11.7 Å². The van der Waals surface area contributed by atoms with E-state index < -0.39 is 49.2 Å². The van der Waals surface area contributed by atoms with Gasteiger partial charge in [-0.3, -0.25) is 9.59 Å². The van der Waals surface area contributed by atoms with E-state index in [4.69, 9.17) is 4.74 Å². The molecule has 12 nitrogen and oxygen atoms in total. The normalized spacial score (nSPS) is 22.3. The third-order valence-electron chi connectivity index (χ3n) is 8.18. The molecule has 1 aliphatic rings. The topological polar surface area (TPSA) is 179 Å². The van der Waals surface area contributed by atoms with E-state index in [2.05, 4.69) is 34.8 Å². The number of nitrogens with one attached hydrogen (secondary N) is 2. The van der Waals surface area contributed by atoms with Crippen LogP contribution in [0.1, 0.15) is 129 Å². The maximum Gasteiger partial charge on any atom is 0.249 e. The second kappa shape index (κ2) is 23.5. The molecule has 1 aromatic heterocycles. The van der Waals surface area contributed by atoms with Crippen molar-refractivity contribution < 1.29 is 34.8 Å². The lowest BCUT2D eigenvalue weighted by molar-refractivity contribution is -0.254. The third-order valence-corrected chi connectivity index (χ3v) is 9.45. The number of amides is 2. The number of aromatic nitrogens is 3. The zero-order chi connectivity index (χ0) is 32.9. The summed E-state index contributed by atoms with van der Waals surface area (Å²) >= 11 is 1.58. The SMILES string of the molecule is CCCCCCCCCCCCCCCCCC(=O)N[C@H](CSCCC)C(=O)Nc1cn([C@@H]2OC(CO)C(O)C(O)C2O)nn1. The van der Waals surface area contributed by atoms with Crippen LogP contribution in [0.15, 0.2) is 6.20 Å². The Morgan fingerprint density at radius 2 is 1.44 bits per heavy atom. The van der Waals surface area contributed by atoms with Gasteiger partial charge in [0.2, 0.25) is 11.8 Å². The van der Waals surface area contributed by atoms with Crippen LogP contribution < -0.4 is 10.6 Å². The van der Waals surface area contributed by atoms with Crippen molar-refractivity contribution >= 4 is 29.4 Å². The number of carbonyl (C=O) groups is 2. The predicted octanol–water partition coefficient (Wildman–Crippen LogP) is 4.08. The molecule has 13 heteroatoms. The highest BCUT2D eigenvalue weighted by Crippen LogP contribution is 2.28. The standard InChI is InChI=1S/C32H59N5O7S/c1-3-5-6-7-8-9-10-11-12-13-14-15-16-17-18-19-27(39)33-24(23-45-20-4-2)31(43)34-26-21-37(36-35-26)32-30(42)29(41)28(40)25(22-38)44-32/h21,24-25,28-30,32,38,40-42H,3-20,22-23H2,1-2H3,(H,33,39)(H,34,43)/t24-,25?,28?,29?,30?,32-/m1/s1. The number of rotatable bonds is 25. The quantitative estimate of drug-likeness (QED) is 0.0840. The molecule has 6 atom stereocenters. The molecule has 2 heterocycles. The molecular formula is C32H59N5O7S. The van der Waals surface area contributed by atoms with Crippen molar-refractivity contribution in [2.45, 2.75) is 160 Å². The van der Waals surface area contributed by atoms with Crippen molar-refractivity contribution in [1.82, 2.24) is 20.3 Å². The molecular weight excluding hydrogens is 598 g/mol. The summed E-state index contributed by atoms with van der Waals surface area (Å²) in [6.07, 6.45) is 14.6. The Labute approximate surface area is 273 Å². The predicted molar refractivity (Wildman–Crippen MR) is 177 cm³/mol. The van der Waals surface area contributed by atoms with Gasteiger partial charge in [0.25, 0.3) is 0 Å². The van der Waals surface area contributed by atoms with Crippen molar-refractivity contribution in [2.24, 2.45) is 0 Å². The monoisotopic (exact) mass is 657 g/mol. The second-order valence-corrected chi connectivity index (χ2v) is 13.3. The first-order chi connectivity index (χ1) is 21.8. The Morgan fingerprint density at radius 3 is 2.00 bits per heavy atom. The molecule has 0 saturated carbocycles. The van der Waals surface area contributed by atoms with Crippen LogP contribution in [-0.2, 0) is 14.3 Å². The average molecular weight is 658 g/mol. The average Bonchev–Trinajstić information content (AvgIpc) is 3.49. The van der Waals surface area contributed by atoms with Crippen LogP contribution in [0.3, 0.4) is 0 Å². The molecule has 0 bridgehead atoms. The molecule has 2 amide bonds. The van der Waals surface area contributed by atoms with Gasteiger partial charge in [-0.1, -0.05) is 109 Å². The van der Waals surface area contributed by atoms with Gasteiger partial charge in [0.05, 0.1) is 12.8 Å². The number of thioether (sulfide) groups is 1. The van der Waals surface area contributed by atoms with Gasteiger partial charge < -0.3 is 35.8 Å². The second-order valence-electron chi connectivity index (χ2n) is 12.2. The summed E-state index contributed by atoms with van der Waals surface area (Å²) in [6.45, 7) is 3.73. The molecule has 6 N–H and O–H groups in total. The van der Waals surface area contributed by atoms with Crippen LogP contribution in [0.2, 0.25) is 0 Å². The third kappa shape index (κ3) is 15.1. The minimum atomic E-state index is -1.57. The molecule has 1 aliphatic heterocycles. The Bertz CT molecular complexity index is 937. The van der Waals surface area contributed by atoms with Gasteiger partial charge in [-0.2, -0.15) is 11.8 Å². The van der Waals surface area contributed by atoms with Gasteiger partial charge in [-0.15, -0.1) is 5.10 Å². The molecule has 1 aromatic rings. The summed E-state index contributed by atoms with van der Waals surface area (Å²) in [6, 6.07) is -0.761. The summed E-state index contributed by atoms with van der Waals surface area (Å²) in [5.74, 6) is 0.729. The van der Waals surface area contributed by atoms with Crippen LogP contribution in [-0.4, -0.2) is 95.8 Å². The molecule has 0 spiro atoms. The lowest BCUT2D eigenvalue weighted by atomic mass is 9.98. The fraction of sp³-hybridized carbons (Fsp3) is 0.875. The summed E-state index contributed by atoms with van der Waals surface area (Å²) in [7, 11) is 0. The van der Waals surface area contributed by atoms with Gasteiger partial charge in [0.15, 0.2) is 12.0 Å². The Kier molecular flexibility index (Phi) is 20.6. The largest absolute Gasteiger partial charge is 0.394 e. The number of hydrogen-bond acceptors (Lipinski definition) is 10. The van der Waals surface area contributed by atoms with Crippen molar-refractivity contribution in [3.63, 3.8) is 0 Å². The molecule has 0 aliphatic carbocycles. The van der Waals surface area contributed by atoms with Crippen LogP contribution in [0, 0.1) is 0 Å². The Hall–Kier alpha value is -1.77. The fourth-order valence-electron chi connectivity index (χ4n) is 5.42. The number of nitrogens with zero attached hydrogens (tertiary/aromatic N) is 3. The summed E-state index contributed by atoms with van der Waals surface area (Å²) in [5.41, 5.74) is 0. The Balaban J connectivity index is 1.69. The highest BCUT2D eigenvalue weighted by atomic mass is 32.2. The van der Waals surface area contributed by atoms with E-state index in [9.17, 15) is 30.0 Å². The number of ether oxygens (including phenoxy) is 1. The zero-order valence-electron chi connectivity index (χ0n) is 27.4. The highest BCUT2D eigenvalue weighted by molar-refractivity contribution is 7.99. The molecule has 0 aromatic carbocycles. The molecule has 45 heavy (non-hydrogen) atoms. The van der Waals surface area contributed by atoms with E-state index in [0.29, 0.717) is 12.2 Å². The number of carbonyl (C=O) groups excluding carboxylic acids is 2. The first-order valence-electron chi connectivity index (χ1n) is 17.2. The lowest BCUT2D eigenvalue weighted by Gasteiger charge is -2.39. The van der Waals surface area contributed by atoms with Gasteiger partial charge in [-0.25, -0.2) is 4.68 Å². The highest BCUT2D eigenvalue weighted by Gasteiger charge is 2.44. The van der Waals surface area contributed by atoms with E-state index in [0.717, 1.165) is 36.1 Å². The molecule has 1 fully saturated rings. The maximum atomic E-state index is 13.1. The first kappa shape index (κ1) is 39.4. The van der Waals surface area contributed by atoms with Crippen molar-refractivity contribution in [2.75, 3.05) is 23.4 Å². The fourth-order valence-corrected chi connectivity index (χ4v) is 6.35. The van der Waals surface area contributed by atoms with Crippen molar-refractivity contribution in [3.05, 3.63) is 6.20 Å². The molecule has 260 valence electrons. The van der Waals surface area contributed by atoms with Crippen molar-refractivity contribution in [1.29, 1.82) is 0 Å². The van der Waals surface area contributed by atoms with Gasteiger partial charge in [-0.05, 0) is 18.6 Å². The first-order valence-corrected chi connectivity index (χ1v) is 18.4. The van der Waals surface area contributed by atoms with Crippen LogP contribution in [0.25, 0.3) is 0 Å². The van der Waals surface area contributed by atoms with Crippen LogP contribution in [0.5, 0.6) is 0 Å². The van der Waals surface area contributed by atoms with Crippen LogP contribution >= 0.6 is 11.8 Å². The Morgan fingerprint density at radius 1 is 0.867 bits per heavy atom. The summed E-state index contributed by atoms with van der Waals surface area (Å²) < 4.78 is 6.59. The molecule has 0 radical (unpaired) electrons. The van der Waals surface area contributed by atoms with Gasteiger partial charge in [0, 0.05) is 12.2 Å². The smallest absolute Gasteiger partial charge is 0.249 e. The number of aliphatic hydroxyl groups excluding tert-OH is 4. The van der Waals surface area contributed by atoms with Gasteiger partial charge >= 0.3 is 0 Å². The number of aliphatic hydroxyl groups is 4. The van der Waals surface area contributed by atoms with Crippen molar-refractivity contribution in [3.8, 4) is 0 Å². The molecule has 4 unspecified atom stereocenters. The number of anilines is 1. The lowest BCUT2D eigenvalue weighted by Crippen LogP contribution is -2.56. The van der Waals surface area contributed by atoms with E-state index in [1.165, 1.54) is 83.2 Å². The minimum Gasteiger partial charge on any atom is -0.394 e. The minimum absolute atomic E-state index is 0.0686. The number of unbranched alkanes of at least 4 members (excludes halogenated alkanes) is 14. The maximum absolute atomic E-state index is 13.1. The molecule has 2 rings (SSSR count). The summed E-state index contributed by atoms with van der Waals surface area (Å²) in [5, 5.41) is 53.1. The van der Waals surface area contributed by atoms with E-state index in [1.54, 1.807) is 11.8 Å². The van der Waals surface area contributed by atoms with Crippen LogP contribution in [0.4, 0.5) is 5.82 Å². The van der Waals surface area contributed by atoms with E-state index >= 15 is 0 Å². The number of hydrogen-bond donors (Lipinski definition) is 6. The molecule has 1 saturated heterocycles. The van der Waals surface area contributed by atoms with E-state index in [1.807, 2.05) is 0 Å².